The smallest absolute Gasteiger partial charge is 0.220 e. The van der Waals surface area contributed by atoms with Gasteiger partial charge in [-0.3, -0.25) is 4.79 Å². The van der Waals surface area contributed by atoms with E-state index >= 15 is 0 Å². The van der Waals surface area contributed by atoms with Crippen LogP contribution in [0.2, 0.25) is 10.0 Å². The zero-order valence-corrected chi connectivity index (χ0v) is 15.0. The van der Waals surface area contributed by atoms with Crippen molar-refractivity contribution in [3.05, 3.63) is 69.7 Å². The van der Waals surface area contributed by atoms with Crippen molar-refractivity contribution < 1.29 is 4.79 Å². The molecule has 2 rings (SSSR count). The lowest BCUT2D eigenvalue weighted by molar-refractivity contribution is -0.120. The molecule has 0 saturated carbocycles. The van der Waals surface area contributed by atoms with E-state index in [1.807, 2.05) is 49.5 Å². The highest BCUT2D eigenvalue weighted by Crippen LogP contribution is 2.23. The third-order valence-corrected chi connectivity index (χ3v) is 4.29. The van der Waals surface area contributed by atoms with Gasteiger partial charge in [-0.25, -0.2) is 0 Å². The number of rotatable bonds is 7. The third-order valence-electron chi connectivity index (χ3n) is 3.55. The van der Waals surface area contributed by atoms with Crippen LogP contribution in [0.3, 0.4) is 0 Å². The molecule has 3 nitrogen and oxygen atoms in total. The highest BCUT2D eigenvalue weighted by atomic mass is 35.5. The molecule has 0 aliphatic heterocycles. The van der Waals surface area contributed by atoms with Crippen molar-refractivity contribution >= 4 is 40.9 Å². The molecule has 0 atom stereocenters. The molecule has 24 heavy (non-hydrogen) atoms. The first-order valence-electron chi connectivity index (χ1n) is 7.73. The van der Waals surface area contributed by atoms with Gasteiger partial charge in [0.15, 0.2) is 0 Å². The first-order chi connectivity index (χ1) is 11.6. The Morgan fingerprint density at radius 2 is 1.83 bits per heavy atom. The summed E-state index contributed by atoms with van der Waals surface area (Å²) in [6.07, 6.45) is 4.99. The lowest BCUT2D eigenvalue weighted by Crippen LogP contribution is -2.23. The molecule has 0 radical (unpaired) electrons. The van der Waals surface area contributed by atoms with Crippen LogP contribution in [0.25, 0.3) is 6.08 Å². The number of nitrogens with one attached hydrogen (secondary N) is 2. The zero-order valence-electron chi connectivity index (χ0n) is 13.5. The summed E-state index contributed by atoms with van der Waals surface area (Å²) in [5.74, 6) is 0.0338. The lowest BCUT2D eigenvalue weighted by Gasteiger charge is -2.04. The Labute approximate surface area is 152 Å². The van der Waals surface area contributed by atoms with Crippen molar-refractivity contribution in [3.8, 4) is 0 Å². The maximum atomic E-state index is 11.9. The van der Waals surface area contributed by atoms with E-state index in [1.54, 1.807) is 12.1 Å². The van der Waals surface area contributed by atoms with E-state index in [1.165, 1.54) is 0 Å². The highest BCUT2D eigenvalue weighted by Gasteiger charge is 2.01. The van der Waals surface area contributed by atoms with Crippen LogP contribution in [0.5, 0.6) is 0 Å². The summed E-state index contributed by atoms with van der Waals surface area (Å²) in [6.45, 7) is 0.484. The fourth-order valence-electron chi connectivity index (χ4n) is 2.17. The monoisotopic (exact) mass is 362 g/mol. The number of halogens is 2. The lowest BCUT2D eigenvalue weighted by atomic mass is 10.1. The molecular formula is C19H20Cl2N2O. The van der Waals surface area contributed by atoms with Gasteiger partial charge >= 0.3 is 0 Å². The molecule has 0 spiro atoms. The highest BCUT2D eigenvalue weighted by molar-refractivity contribution is 6.42. The van der Waals surface area contributed by atoms with Gasteiger partial charge in [-0.1, -0.05) is 53.6 Å². The molecule has 0 aliphatic rings. The summed E-state index contributed by atoms with van der Waals surface area (Å²) in [7, 11) is 1.88. The van der Waals surface area contributed by atoms with Gasteiger partial charge in [0, 0.05) is 25.7 Å². The second kappa shape index (κ2) is 9.36. The molecule has 0 bridgehead atoms. The van der Waals surface area contributed by atoms with E-state index in [0.717, 1.165) is 23.2 Å². The molecule has 5 heteroatoms. The number of carbonyl (C=O) groups excluding carboxylic acids is 1. The van der Waals surface area contributed by atoms with Crippen molar-refractivity contribution in [2.24, 2.45) is 0 Å². The third kappa shape index (κ3) is 5.91. The number of hydrogen-bond acceptors (Lipinski definition) is 2. The predicted octanol–water partition coefficient (Wildman–Crippen LogP) is 4.80. The zero-order chi connectivity index (χ0) is 17.4. The summed E-state index contributed by atoms with van der Waals surface area (Å²) < 4.78 is 0. The fourth-order valence-corrected chi connectivity index (χ4v) is 2.47. The van der Waals surface area contributed by atoms with Gasteiger partial charge in [-0.05, 0) is 41.8 Å². The maximum Gasteiger partial charge on any atom is 0.220 e. The van der Waals surface area contributed by atoms with Crippen LogP contribution < -0.4 is 10.6 Å². The van der Waals surface area contributed by atoms with Gasteiger partial charge in [0.05, 0.1) is 10.0 Å². The van der Waals surface area contributed by atoms with Gasteiger partial charge in [0.1, 0.15) is 0 Å². The average molecular weight is 363 g/mol. The van der Waals surface area contributed by atoms with Gasteiger partial charge in [-0.15, -0.1) is 0 Å². The number of aryl methyl sites for hydroxylation is 1. The summed E-state index contributed by atoms with van der Waals surface area (Å²) in [5, 5.41) is 7.00. The van der Waals surface area contributed by atoms with Crippen molar-refractivity contribution in [2.75, 3.05) is 18.9 Å². The first kappa shape index (κ1) is 18.4. The average Bonchev–Trinajstić information content (AvgIpc) is 2.60. The second-order valence-corrected chi connectivity index (χ2v) is 6.14. The Balaban J connectivity index is 1.72. The molecule has 0 fully saturated rings. The van der Waals surface area contributed by atoms with Crippen molar-refractivity contribution in [1.82, 2.24) is 5.32 Å². The predicted molar refractivity (Wildman–Crippen MR) is 103 cm³/mol. The molecule has 2 N–H and O–H groups in total. The van der Waals surface area contributed by atoms with Gasteiger partial charge in [0.25, 0.3) is 0 Å². The van der Waals surface area contributed by atoms with Crippen LogP contribution in [0.4, 0.5) is 5.69 Å². The molecule has 0 aromatic heterocycles. The Hall–Kier alpha value is -1.97. The number of amides is 1. The van der Waals surface area contributed by atoms with Crippen molar-refractivity contribution in [1.29, 1.82) is 0 Å². The number of benzene rings is 2. The van der Waals surface area contributed by atoms with Gasteiger partial charge in [-0.2, -0.15) is 0 Å². The Bertz CT molecular complexity index is 712. The minimum Gasteiger partial charge on any atom is -0.388 e. The van der Waals surface area contributed by atoms with Crippen LogP contribution in [-0.2, 0) is 11.2 Å². The van der Waals surface area contributed by atoms with Crippen LogP contribution in [-0.4, -0.2) is 19.5 Å². The molecule has 126 valence electrons. The summed E-state index contributed by atoms with van der Waals surface area (Å²) >= 11 is 11.8. The van der Waals surface area contributed by atoms with Gasteiger partial charge < -0.3 is 10.6 Å². The fraction of sp³-hybridized carbons (Fsp3) is 0.211. The topological polar surface area (TPSA) is 41.1 Å². The second-order valence-electron chi connectivity index (χ2n) is 5.33. The molecule has 1 amide bonds. The number of carbonyl (C=O) groups is 1. The standard InChI is InChI=1S/C19H20Cl2N2O/c1-22-16-8-4-14(5-9-16)7-11-19(24)23-12-2-3-15-6-10-17(20)18(21)13-15/h2-6,8-10,13,22H,7,11-12H2,1H3,(H,23,24)/b3-2+. The van der Waals surface area contributed by atoms with Crippen LogP contribution in [0.1, 0.15) is 17.5 Å². The number of anilines is 1. The first-order valence-corrected chi connectivity index (χ1v) is 8.49. The Morgan fingerprint density at radius 3 is 2.50 bits per heavy atom. The molecule has 0 unspecified atom stereocenters. The van der Waals surface area contributed by atoms with Crippen LogP contribution in [0.15, 0.2) is 48.5 Å². The van der Waals surface area contributed by atoms with E-state index in [9.17, 15) is 4.79 Å². The maximum absolute atomic E-state index is 11.9. The molecule has 0 aliphatic carbocycles. The Morgan fingerprint density at radius 1 is 1.08 bits per heavy atom. The normalized spacial score (nSPS) is 10.8. The summed E-state index contributed by atoms with van der Waals surface area (Å²) in [5.41, 5.74) is 3.16. The SMILES string of the molecule is CNc1ccc(CCC(=O)NC/C=C/c2ccc(Cl)c(Cl)c2)cc1. The molecule has 2 aromatic carbocycles. The summed E-state index contributed by atoms with van der Waals surface area (Å²) in [4.78, 5) is 11.9. The van der Waals surface area contributed by atoms with E-state index in [0.29, 0.717) is 23.0 Å². The van der Waals surface area contributed by atoms with E-state index in [-0.39, 0.29) is 5.91 Å². The minimum absolute atomic E-state index is 0.0338. The van der Waals surface area contributed by atoms with Crippen LogP contribution >= 0.6 is 23.2 Å². The van der Waals surface area contributed by atoms with Crippen molar-refractivity contribution in [3.63, 3.8) is 0 Å². The summed E-state index contributed by atoms with van der Waals surface area (Å²) in [6, 6.07) is 13.5. The quantitative estimate of drug-likeness (QED) is 0.742. The molecule has 2 aromatic rings. The van der Waals surface area contributed by atoms with Gasteiger partial charge in [0.2, 0.25) is 5.91 Å². The molecule has 0 saturated heterocycles. The molecular weight excluding hydrogens is 343 g/mol. The van der Waals surface area contributed by atoms with E-state index in [2.05, 4.69) is 10.6 Å². The Kier molecular flexibility index (Phi) is 7.16. The van der Waals surface area contributed by atoms with E-state index in [4.69, 9.17) is 23.2 Å². The number of hydrogen-bond donors (Lipinski definition) is 2. The largest absolute Gasteiger partial charge is 0.388 e. The van der Waals surface area contributed by atoms with Crippen molar-refractivity contribution in [2.45, 2.75) is 12.8 Å². The van der Waals surface area contributed by atoms with Crippen LogP contribution in [0, 0.1) is 0 Å². The molecule has 0 heterocycles. The minimum atomic E-state index is 0.0338. The van der Waals surface area contributed by atoms with E-state index < -0.39 is 0 Å².